The molecule has 11 heteroatoms. The number of nitrogens with two attached hydrogens (primary N) is 1. The molecular weight excluding hydrogens is 538 g/mol. The normalized spacial score (nSPS) is 13.8. The van der Waals surface area contributed by atoms with Crippen LogP contribution in [0.5, 0.6) is 0 Å². The summed E-state index contributed by atoms with van der Waals surface area (Å²) in [6.07, 6.45) is 8.76. The first-order chi connectivity index (χ1) is 15.3. The number of anilines is 2. The van der Waals surface area contributed by atoms with Gasteiger partial charge in [0.2, 0.25) is 5.95 Å². The molecule has 2 heterocycles. The van der Waals surface area contributed by atoms with Crippen LogP contribution in [0.2, 0.25) is 0 Å². The van der Waals surface area contributed by atoms with Gasteiger partial charge in [-0.3, -0.25) is 4.79 Å². The summed E-state index contributed by atoms with van der Waals surface area (Å²) >= 11 is 0. The van der Waals surface area contributed by atoms with Crippen LogP contribution >= 0.6 is 0 Å². The smallest absolute Gasteiger partial charge is 0.283 e. The van der Waals surface area contributed by atoms with Crippen molar-refractivity contribution in [3.05, 3.63) is 76.5 Å². The zero-order chi connectivity index (χ0) is 23.1. The first kappa shape index (κ1) is 26.6. The van der Waals surface area contributed by atoms with E-state index in [2.05, 4.69) is 14.7 Å². The van der Waals surface area contributed by atoms with E-state index in [4.69, 9.17) is 5.73 Å². The minimum atomic E-state index is -3.66. The number of hydrogen-bond acceptors (Lipinski definition) is 7. The molecule has 9 nitrogen and oxygen atoms in total. The van der Waals surface area contributed by atoms with E-state index >= 15 is 0 Å². The van der Waals surface area contributed by atoms with Crippen LogP contribution in [0.25, 0.3) is 0 Å². The minimum Gasteiger partial charge on any atom is -0.425 e. The van der Waals surface area contributed by atoms with Crippen LogP contribution in [0.1, 0.15) is 49.3 Å². The SMILES string of the molecule is Cc1cc(C2CCCCC2)n(O)c(=O)c1.Nc1ccc(S(=O)(=O)Nc2ncccn2)cc1.[Ag]. The second-order valence-corrected chi connectivity index (χ2v) is 9.37. The summed E-state index contributed by atoms with van der Waals surface area (Å²) in [4.78, 5) is 19.1. The fraction of sp³-hybridized carbons (Fsp3) is 0.318. The molecular formula is C22H27AgN5O4S. The molecule has 0 aliphatic heterocycles. The van der Waals surface area contributed by atoms with Gasteiger partial charge < -0.3 is 10.9 Å². The Kier molecular flexibility index (Phi) is 9.66. The van der Waals surface area contributed by atoms with E-state index in [-0.39, 0.29) is 38.8 Å². The van der Waals surface area contributed by atoms with Crippen molar-refractivity contribution in [1.82, 2.24) is 14.7 Å². The Bertz CT molecular complexity index is 1200. The van der Waals surface area contributed by atoms with Crippen LogP contribution in [0.15, 0.2) is 64.5 Å². The molecule has 2 aromatic heterocycles. The summed E-state index contributed by atoms with van der Waals surface area (Å²) in [7, 11) is -3.66. The Hall–Kier alpha value is -2.66. The van der Waals surface area contributed by atoms with Crippen molar-refractivity contribution < 1.29 is 36.0 Å². The predicted molar refractivity (Wildman–Crippen MR) is 122 cm³/mol. The Morgan fingerprint density at radius 3 is 2.27 bits per heavy atom. The molecule has 0 saturated heterocycles. The summed E-state index contributed by atoms with van der Waals surface area (Å²) in [5, 5.41) is 9.68. The number of rotatable bonds is 4. The second-order valence-electron chi connectivity index (χ2n) is 7.69. The van der Waals surface area contributed by atoms with Gasteiger partial charge in [0, 0.05) is 52.4 Å². The molecule has 1 fully saturated rings. The monoisotopic (exact) mass is 564 g/mol. The van der Waals surface area contributed by atoms with E-state index in [0.717, 1.165) is 28.8 Å². The number of nitrogens with zero attached hydrogens (tertiary/aromatic N) is 3. The number of aromatic nitrogens is 3. The molecule has 1 aliphatic carbocycles. The predicted octanol–water partition coefficient (Wildman–Crippen LogP) is 3.30. The third-order valence-electron chi connectivity index (χ3n) is 5.19. The summed E-state index contributed by atoms with van der Waals surface area (Å²) in [5.74, 6) is 0.390. The summed E-state index contributed by atoms with van der Waals surface area (Å²) in [5.41, 5.74) is 7.40. The van der Waals surface area contributed by atoms with Crippen LogP contribution in [-0.4, -0.2) is 28.3 Å². The number of sulfonamides is 1. The molecule has 0 spiro atoms. The number of aryl methyl sites for hydroxylation is 1. The molecule has 33 heavy (non-hydrogen) atoms. The van der Waals surface area contributed by atoms with Gasteiger partial charge in [0.1, 0.15) is 0 Å². The van der Waals surface area contributed by atoms with E-state index in [0.29, 0.717) is 11.6 Å². The van der Waals surface area contributed by atoms with Crippen molar-refractivity contribution in [2.24, 2.45) is 0 Å². The van der Waals surface area contributed by atoms with Gasteiger partial charge in [-0.1, -0.05) is 19.3 Å². The van der Waals surface area contributed by atoms with E-state index in [9.17, 15) is 18.4 Å². The average molecular weight is 565 g/mol. The maximum atomic E-state index is 11.9. The van der Waals surface area contributed by atoms with Gasteiger partial charge in [-0.15, -0.1) is 0 Å². The van der Waals surface area contributed by atoms with E-state index in [1.165, 1.54) is 62.0 Å². The van der Waals surface area contributed by atoms with Gasteiger partial charge in [-0.25, -0.2) is 23.1 Å². The minimum absolute atomic E-state index is 0. The standard InChI is InChI=1S/C12H17NO2.C10H10N4O2S.Ag/c1-9-7-11(13(15)12(14)8-9)10-5-3-2-4-6-10;11-8-2-4-9(5-3-8)17(15,16)14-10-12-6-1-7-13-10;/h7-8,10,15H,2-6H2,1H3;1-7H,11H2,(H,12,13,14);. The maximum Gasteiger partial charge on any atom is 0.283 e. The first-order valence-electron chi connectivity index (χ1n) is 10.3. The number of hydrogen-bond donors (Lipinski definition) is 3. The van der Waals surface area contributed by atoms with Crippen LogP contribution in [-0.2, 0) is 32.4 Å². The van der Waals surface area contributed by atoms with Crippen LogP contribution < -0.4 is 16.0 Å². The molecule has 0 bridgehead atoms. The van der Waals surface area contributed by atoms with Gasteiger partial charge >= 0.3 is 0 Å². The van der Waals surface area contributed by atoms with Crippen molar-refractivity contribution in [1.29, 1.82) is 0 Å². The fourth-order valence-electron chi connectivity index (χ4n) is 3.59. The molecule has 0 amide bonds. The van der Waals surface area contributed by atoms with Crippen LogP contribution in [0, 0.1) is 6.92 Å². The third kappa shape index (κ3) is 7.43. The van der Waals surface area contributed by atoms with Gasteiger partial charge in [-0.2, -0.15) is 4.73 Å². The van der Waals surface area contributed by atoms with Gasteiger partial charge in [-0.05, 0) is 61.7 Å². The molecule has 1 radical (unpaired) electrons. The van der Waals surface area contributed by atoms with Crippen molar-refractivity contribution >= 4 is 21.7 Å². The third-order valence-corrected chi connectivity index (χ3v) is 6.53. The second kappa shape index (κ2) is 12.0. The van der Waals surface area contributed by atoms with Crippen LogP contribution in [0.3, 0.4) is 0 Å². The van der Waals surface area contributed by atoms with Crippen molar-refractivity contribution in [2.75, 3.05) is 10.5 Å². The molecule has 4 N–H and O–H groups in total. The summed E-state index contributed by atoms with van der Waals surface area (Å²) in [6, 6.07) is 10.9. The fourth-order valence-corrected chi connectivity index (χ4v) is 4.54. The zero-order valence-corrected chi connectivity index (χ0v) is 20.4. The van der Waals surface area contributed by atoms with Crippen LogP contribution in [0.4, 0.5) is 11.6 Å². The topological polar surface area (TPSA) is 140 Å². The average Bonchev–Trinajstić information content (AvgIpc) is 2.78. The van der Waals surface area contributed by atoms with E-state index in [1.807, 2.05) is 13.0 Å². The van der Waals surface area contributed by atoms with E-state index < -0.39 is 10.0 Å². The van der Waals surface area contributed by atoms with Crippen molar-refractivity contribution in [3.8, 4) is 0 Å². The zero-order valence-electron chi connectivity index (χ0n) is 18.1. The Labute approximate surface area is 208 Å². The summed E-state index contributed by atoms with van der Waals surface area (Å²) in [6.45, 7) is 1.90. The van der Waals surface area contributed by atoms with E-state index in [1.54, 1.807) is 6.07 Å². The molecule has 0 unspecified atom stereocenters. The van der Waals surface area contributed by atoms with Gasteiger partial charge in [0.25, 0.3) is 15.6 Å². The molecule has 181 valence electrons. The molecule has 4 rings (SSSR count). The number of benzene rings is 1. The molecule has 1 aromatic carbocycles. The van der Waals surface area contributed by atoms with Gasteiger partial charge in [0.05, 0.1) is 10.6 Å². The molecule has 1 aliphatic rings. The number of pyridine rings is 1. The largest absolute Gasteiger partial charge is 0.425 e. The molecule has 1 saturated carbocycles. The number of nitrogen functional groups attached to an aromatic ring is 1. The Balaban J connectivity index is 0.000000228. The number of nitrogens with one attached hydrogen (secondary N) is 1. The van der Waals surface area contributed by atoms with Gasteiger partial charge in [0.15, 0.2) is 0 Å². The summed E-state index contributed by atoms with van der Waals surface area (Å²) < 4.78 is 26.8. The molecule has 0 atom stereocenters. The maximum absolute atomic E-state index is 11.9. The first-order valence-corrected chi connectivity index (χ1v) is 11.8. The van der Waals surface area contributed by atoms with Crippen molar-refractivity contribution in [2.45, 2.75) is 49.8 Å². The van der Waals surface area contributed by atoms with Crippen molar-refractivity contribution in [3.63, 3.8) is 0 Å². The Morgan fingerprint density at radius 2 is 1.67 bits per heavy atom. The molecule has 3 aromatic rings. The Morgan fingerprint density at radius 1 is 1.06 bits per heavy atom. The quantitative estimate of drug-likeness (QED) is 0.251.